The maximum atomic E-state index is 12.9. The predicted octanol–water partition coefficient (Wildman–Crippen LogP) is 2.76. The fourth-order valence-corrected chi connectivity index (χ4v) is 2.27. The molecule has 22 heavy (non-hydrogen) atoms. The lowest BCUT2D eigenvalue weighted by Crippen LogP contribution is -2.19. The van der Waals surface area contributed by atoms with Crippen molar-refractivity contribution in [2.45, 2.75) is 20.5 Å². The number of rotatable bonds is 4. The van der Waals surface area contributed by atoms with Gasteiger partial charge >= 0.3 is 5.97 Å². The van der Waals surface area contributed by atoms with Crippen LogP contribution in [0.4, 0.5) is 4.39 Å². The van der Waals surface area contributed by atoms with Gasteiger partial charge in [0.15, 0.2) is 0 Å². The van der Waals surface area contributed by atoms with Crippen LogP contribution < -0.4 is 0 Å². The second-order valence-electron chi connectivity index (χ2n) is 4.81. The molecule has 0 aliphatic rings. The van der Waals surface area contributed by atoms with Crippen LogP contribution in [-0.4, -0.2) is 21.5 Å². The number of hydrogen-bond donors (Lipinski definition) is 0. The molecular weight excluding hydrogens is 311 g/mol. The first-order valence-electron chi connectivity index (χ1n) is 6.47. The SMILES string of the molecule is Cc1nn(C)c(C)c1C(=O)C(=O)OCc1ccc(F)cc1Cl. The number of aryl methyl sites for hydroxylation is 2. The van der Waals surface area contributed by atoms with E-state index in [0.717, 1.165) is 6.07 Å². The van der Waals surface area contributed by atoms with Gasteiger partial charge in [-0.25, -0.2) is 9.18 Å². The summed E-state index contributed by atoms with van der Waals surface area (Å²) in [5.74, 6) is -2.25. The van der Waals surface area contributed by atoms with Gasteiger partial charge in [0.2, 0.25) is 0 Å². The number of carbonyl (C=O) groups excluding carboxylic acids is 2. The van der Waals surface area contributed by atoms with Crippen LogP contribution in [0.1, 0.15) is 27.3 Å². The van der Waals surface area contributed by atoms with Crippen molar-refractivity contribution in [2.75, 3.05) is 0 Å². The number of carbonyl (C=O) groups is 2. The van der Waals surface area contributed by atoms with Crippen molar-refractivity contribution < 1.29 is 18.7 Å². The van der Waals surface area contributed by atoms with E-state index < -0.39 is 17.6 Å². The van der Waals surface area contributed by atoms with Gasteiger partial charge < -0.3 is 4.74 Å². The van der Waals surface area contributed by atoms with E-state index in [-0.39, 0.29) is 17.2 Å². The molecule has 0 spiro atoms. The third-order valence-corrected chi connectivity index (χ3v) is 3.65. The Morgan fingerprint density at radius 1 is 1.36 bits per heavy atom. The van der Waals surface area contributed by atoms with Gasteiger partial charge in [0.05, 0.1) is 16.3 Å². The van der Waals surface area contributed by atoms with E-state index in [1.807, 2.05) is 0 Å². The van der Waals surface area contributed by atoms with Crippen molar-refractivity contribution in [3.63, 3.8) is 0 Å². The van der Waals surface area contributed by atoms with Crippen LogP contribution in [0, 0.1) is 19.7 Å². The molecule has 0 amide bonds. The second kappa shape index (κ2) is 6.27. The Balaban J connectivity index is 2.10. The molecular formula is C15H14ClFN2O3. The number of halogens is 2. The maximum Gasteiger partial charge on any atom is 0.380 e. The Kier molecular flexibility index (Phi) is 4.61. The Morgan fingerprint density at radius 2 is 2.05 bits per heavy atom. The highest BCUT2D eigenvalue weighted by Gasteiger charge is 2.25. The highest BCUT2D eigenvalue weighted by molar-refractivity contribution is 6.41. The molecule has 0 radical (unpaired) electrons. The van der Waals surface area contributed by atoms with Crippen LogP contribution in [0.2, 0.25) is 5.02 Å². The summed E-state index contributed by atoms with van der Waals surface area (Å²) in [6.07, 6.45) is 0. The molecule has 0 saturated heterocycles. The zero-order chi connectivity index (χ0) is 16.4. The Bertz CT molecular complexity index is 755. The van der Waals surface area contributed by atoms with Crippen molar-refractivity contribution >= 4 is 23.4 Å². The van der Waals surface area contributed by atoms with Crippen LogP contribution in [0.25, 0.3) is 0 Å². The highest BCUT2D eigenvalue weighted by atomic mass is 35.5. The first-order valence-corrected chi connectivity index (χ1v) is 6.84. The largest absolute Gasteiger partial charge is 0.455 e. The molecule has 0 aliphatic carbocycles. The zero-order valence-corrected chi connectivity index (χ0v) is 13.1. The molecule has 0 aliphatic heterocycles. The second-order valence-corrected chi connectivity index (χ2v) is 5.22. The normalized spacial score (nSPS) is 10.6. The smallest absolute Gasteiger partial charge is 0.380 e. The van der Waals surface area contributed by atoms with Crippen molar-refractivity contribution in [3.8, 4) is 0 Å². The summed E-state index contributed by atoms with van der Waals surface area (Å²) in [7, 11) is 1.68. The van der Waals surface area contributed by atoms with Gasteiger partial charge in [-0.2, -0.15) is 5.10 Å². The molecule has 0 bridgehead atoms. The van der Waals surface area contributed by atoms with Crippen molar-refractivity contribution in [2.24, 2.45) is 7.05 Å². The fraction of sp³-hybridized carbons (Fsp3) is 0.267. The lowest BCUT2D eigenvalue weighted by atomic mass is 10.1. The summed E-state index contributed by atoms with van der Waals surface area (Å²) >= 11 is 5.83. The molecule has 0 unspecified atom stereocenters. The molecule has 116 valence electrons. The summed E-state index contributed by atoms with van der Waals surface area (Å²) < 4.78 is 19.4. The van der Waals surface area contributed by atoms with Gasteiger partial charge in [-0.15, -0.1) is 0 Å². The number of Topliss-reactive ketones (excluding diaryl/α,β-unsaturated/α-hetero) is 1. The monoisotopic (exact) mass is 324 g/mol. The minimum absolute atomic E-state index is 0.133. The molecule has 0 saturated carbocycles. The Hall–Kier alpha value is -2.21. The van der Waals surface area contributed by atoms with Gasteiger partial charge in [0, 0.05) is 18.3 Å². The molecule has 2 aromatic rings. The van der Waals surface area contributed by atoms with Crippen LogP contribution >= 0.6 is 11.6 Å². The van der Waals surface area contributed by atoms with E-state index in [4.69, 9.17) is 16.3 Å². The van der Waals surface area contributed by atoms with E-state index in [1.54, 1.807) is 20.9 Å². The van der Waals surface area contributed by atoms with Gasteiger partial charge in [-0.1, -0.05) is 17.7 Å². The van der Waals surface area contributed by atoms with Crippen LogP contribution in [0.5, 0.6) is 0 Å². The standard InChI is InChI=1S/C15H14ClFN2O3/c1-8-13(9(2)19(3)18-8)14(20)15(21)22-7-10-4-5-11(17)6-12(10)16/h4-6H,7H2,1-3H3. The van der Waals surface area contributed by atoms with E-state index >= 15 is 0 Å². The summed E-state index contributed by atoms with van der Waals surface area (Å²) in [5.41, 5.74) is 1.70. The third kappa shape index (κ3) is 3.17. The molecule has 1 aromatic carbocycles. The highest BCUT2D eigenvalue weighted by Crippen LogP contribution is 2.19. The first kappa shape index (κ1) is 16.2. The minimum Gasteiger partial charge on any atom is -0.455 e. The average molecular weight is 325 g/mol. The molecule has 1 aromatic heterocycles. The predicted molar refractivity (Wildman–Crippen MR) is 78.2 cm³/mol. The summed E-state index contributed by atoms with van der Waals surface area (Å²) in [6.45, 7) is 3.13. The average Bonchev–Trinajstić information content (AvgIpc) is 2.70. The van der Waals surface area contributed by atoms with E-state index in [9.17, 15) is 14.0 Å². The van der Waals surface area contributed by atoms with E-state index in [0.29, 0.717) is 17.0 Å². The number of nitrogens with zero attached hydrogens (tertiary/aromatic N) is 2. The minimum atomic E-state index is -1.00. The molecule has 7 heteroatoms. The number of aromatic nitrogens is 2. The van der Waals surface area contributed by atoms with Crippen LogP contribution in [0.3, 0.4) is 0 Å². The molecule has 0 atom stereocenters. The molecule has 5 nitrogen and oxygen atoms in total. The number of ether oxygens (including phenoxy) is 1. The number of benzene rings is 1. The molecule has 0 fully saturated rings. The first-order chi connectivity index (χ1) is 10.3. The fourth-order valence-electron chi connectivity index (χ4n) is 2.05. The Morgan fingerprint density at radius 3 is 2.59 bits per heavy atom. The summed E-state index contributed by atoms with van der Waals surface area (Å²) in [5, 5.41) is 4.21. The van der Waals surface area contributed by atoms with Crippen molar-refractivity contribution in [1.29, 1.82) is 0 Å². The number of esters is 1. The van der Waals surface area contributed by atoms with Gasteiger partial charge in [-0.3, -0.25) is 9.48 Å². The summed E-state index contributed by atoms with van der Waals surface area (Å²) in [4.78, 5) is 24.0. The molecule has 2 rings (SSSR count). The summed E-state index contributed by atoms with van der Waals surface area (Å²) in [6, 6.07) is 3.71. The van der Waals surface area contributed by atoms with Crippen LogP contribution in [-0.2, 0) is 23.2 Å². The number of hydrogen-bond acceptors (Lipinski definition) is 4. The number of ketones is 1. The lowest BCUT2D eigenvalue weighted by Gasteiger charge is -2.06. The van der Waals surface area contributed by atoms with Gasteiger partial charge in [-0.05, 0) is 26.0 Å². The molecule has 1 heterocycles. The third-order valence-electron chi connectivity index (χ3n) is 3.30. The zero-order valence-electron chi connectivity index (χ0n) is 12.3. The van der Waals surface area contributed by atoms with Crippen molar-refractivity contribution in [1.82, 2.24) is 9.78 Å². The topological polar surface area (TPSA) is 61.2 Å². The lowest BCUT2D eigenvalue weighted by molar-refractivity contribution is -0.139. The maximum absolute atomic E-state index is 12.9. The van der Waals surface area contributed by atoms with Gasteiger partial charge in [0.25, 0.3) is 5.78 Å². The van der Waals surface area contributed by atoms with Crippen molar-refractivity contribution in [3.05, 3.63) is 51.6 Å². The Labute approximate surface area is 131 Å². The van der Waals surface area contributed by atoms with E-state index in [2.05, 4.69) is 5.10 Å². The van der Waals surface area contributed by atoms with Crippen LogP contribution in [0.15, 0.2) is 18.2 Å². The van der Waals surface area contributed by atoms with Gasteiger partial charge in [0.1, 0.15) is 12.4 Å². The molecule has 0 N–H and O–H groups in total. The van der Waals surface area contributed by atoms with E-state index in [1.165, 1.54) is 16.8 Å². The quantitative estimate of drug-likeness (QED) is 0.493.